The molecule has 124 valence electrons. The average molecular weight is 334 g/mol. The molecule has 1 aromatic heterocycles. The van der Waals surface area contributed by atoms with Gasteiger partial charge in [0, 0.05) is 5.56 Å². The second-order valence-corrected chi connectivity index (χ2v) is 5.45. The van der Waals surface area contributed by atoms with E-state index in [2.05, 4.69) is 20.6 Å². The smallest absolute Gasteiger partial charge is 0.211 e. The van der Waals surface area contributed by atoms with Crippen LogP contribution in [-0.2, 0) is 0 Å². The van der Waals surface area contributed by atoms with E-state index >= 15 is 0 Å². The molecule has 1 aliphatic heterocycles. The number of pyridine rings is 1. The number of anilines is 3. The fourth-order valence-corrected chi connectivity index (χ4v) is 2.62. The van der Waals surface area contributed by atoms with Crippen molar-refractivity contribution in [2.75, 3.05) is 16.8 Å². The van der Waals surface area contributed by atoms with E-state index in [-0.39, 0.29) is 28.8 Å². The van der Waals surface area contributed by atoms with Crippen molar-refractivity contribution < 1.29 is 5.11 Å². The normalized spacial score (nSPS) is 15.2. The Bertz CT molecular complexity index is 983. The Hall–Kier alpha value is -3.98. The molecule has 0 saturated heterocycles. The number of nitriles is 2. The summed E-state index contributed by atoms with van der Waals surface area (Å²) in [4.78, 5) is 8.58. The minimum Gasteiger partial charge on any atom is -0.508 e. The molecular weight excluding hydrogens is 320 g/mol. The summed E-state index contributed by atoms with van der Waals surface area (Å²) >= 11 is 0. The summed E-state index contributed by atoms with van der Waals surface area (Å²) in [6, 6.07) is 6.35. The monoisotopic (exact) mass is 334 g/mol. The molecule has 2 aromatic rings. The van der Waals surface area contributed by atoms with Crippen LogP contribution in [0, 0.1) is 29.7 Å². The topological polar surface area (TPSA) is 169 Å². The fraction of sp³-hybridized carbons (Fsp3) is 0.125. The van der Waals surface area contributed by atoms with Gasteiger partial charge in [-0.2, -0.15) is 10.5 Å². The number of rotatable bonds is 1. The number of hydrogen-bond acceptors (Lipinski definition) is 9. The van der Waals surface area contributed by atoms with Crippen molar-refractivity contribution >= 4 is 23.3 Å². The number of fused-ring (bicyclic) bond motifs is 1. The summed E-state index contributed by atoms with van der Waals surface area (Å²) in [5.74, 6) is 0.544. The van der Waals surface area contributed by atoms with Crippen molar-refractivity contribution in [3.63, 3.8) is 0 Å². The predicted molar refractivity (Wildman–Crippen MR) is 92.3 cm³/mol. The lowest BCUT2D eigenvalue weighted by Crippen LogP contribution is -2.32. The predicted octanol–water partition coefficient (Wildman–Crippen LogP) is 1.07. The van der Waals surface area contributed by atoms with Gasteiger partial charge in [-0.1, -0.05) is 12.1 Å². The summed E-state index contributed by atoms with van der Waals surface area (Å²) in [6.45, 7) is 1.77. The Balaban J connectivity index is 2.25. The highest BCUT2D eigenvalue weighted by atomic mass is 16.3. The molecule has 3 rings (SSSR count). The van der Waals surface area contributed by atoms with Gasteiger partial charge >= 0.3 is 0 Å². The molecule has 1 unspecified atom stereocenters. The van der Waals surface area contributed by atoms with Crippen molar-refractivity contribution in [1.82, 2.24) is 10.3 Å². The third kappa shape index (κ3) is 2.60. The maximum atomic E-state index is 10.0. The number of phenols is 1. The zero-order valence-electron chi connectivity index (χ0n) is 13.2. The first-order valence-corrected chi connectivity index (χ1v) is 7.24. The molecule has 0 radical (unpaired) electrons. The van der Waals surface area contributed by atoms with Crippen LogP contribution in [0.3, 0.4) is 0 Å². The number of nitrogens with one attached hydrogen (secondary N) is 2. The number of nitrogens with two attached hydrogens (primary N) is 2. The van der Waals surface area contributed by atoms with Gasteiger partial charge in [-0.05, 0) is 24.1 Å². The van der Waals surface area contributed by atoms with Gasteiger partial charge in [0.05, 0.1) is 5.69 Å². The first-order chi connectivity index (χ1) is 12.0. The van der Waals surface area contributed by atoms with Gasteiger partial charge in [0.15, 0.2) is 6.19 Å². The molecule has 0 aliphatic carbocycles. The molecule has 9 nitrogen and oxygen atoms in total. The van der Waals surface area contributed by atoms with E-state index in [1.165, 1.54) is 0 Å². The third-order valence-electron chi connectivity index (χ3n) is 3.91. The second-order valence-electron chi connectivity index (χ2n) is 5.45. The first-order valence-electron chi connectivity index (χ1n) is 7.24. The lowest BCUT2D eigenvalue weighted by atomic mass is 9.94. The maximum absolute atomic E-state index is 10.0. The van der Waals surface area contributed by atoms with E-state index in [4.69, 9.17) is 16.7 Å². The number of nitrogens with zero attached hydrogens (tertiary/aromatic N) is 4. The zero-order chi connectivity index (χ0) is 18.1. The SMILES string of the molecule is Cc1ccc(C2N=C(NC#N)Nc3nc(N)c(C#N)c(N)c32)cc1O. The van der Waals surface area contributed by atoms with Gasteiger partial charge < -0.3 is 21.9 Å². The number of aliphatic imine (C=N–C) groups is 1. The number of aryl methyl sites for hydroxylation is 1. The molecule has 0 amide bonds. The lowest BCUT2D eigenvalue weighted by molar-refractivity contribution is 0.470. The van der Waals surface area contributed by atoms with Gasteiger partial charge in [-0.3, -0.25) is 5.32 Å². The number of phenolic OH excluding ortho intramolecular Hbond substituents is 1. The van der Waals surface area contributed by atoms with Crippen LogP contribution in [0.2, 0.25) is 0 Å². The summed E-state index contributed by atoms with van der Waals surface area (Å²) < 4.78 is 0. The van der Waals surface area contributed by atoms with Gasteiger partial charge in [0.25, 0.3) is 0 Å². The van der Waals surface area contributed by atoms with Crippen molar-refractivity contribution in [1.29, 1.82) is 10.5 Å². The van der Waals surface area contributed by atoms with Crippen LogP contribution >= 0.6 is 0 Å². The molecule has 1 atom stereocenters. The maximum Gasteiger partial charge on any atom is 0.211 e. The number of benzene rings is 1. The number of nitrogen functional groups attached to an aromatic ring is 2. The van der Waals surface area contributed by atoms with E-state index < -0.39 is 6.04 Å². The molecule has 2 heterocycles. The highest BCUT2D eigenvalue weighted by Gasteiger charge is 2.29. The molecule has 1 aromatic carbocycles. The standard InChI is InChI=1S/C16H14N8O/c1-7-2-3-8(4-10(7)25)13-11-12(19)9(5-17)14(20)23-15(11)24-16(22-13)21-6-18/h2-4,13,25H,1H3,(H6,19,20,21,22,23,24). The molecule has 1 aliphatic rings. The largest absolute Gasteiger partial charge is 0.508 e. The Morgan fingerprint density at radius 2 is 2.08 bits per heavy atom. The number of aromatic nitrogens is 1. The minimum atomic E-state index is -0.668. The molecule has 0 bridgehead atoms. The van der Waals surface area contributed by atoms with Crippen molar-refractivity contribution in [3.8, 4) is 18.0 Å². The zero-order valence-corrected chi connectivity index (χ0v) is 13.2. The first kappa shape index (κ1) is 15.9. The molecule has 0 saturated carbocycles. The van der Waals surface area contributed by atoms with E-state index in [0.717, 1.165) is 0 Å². The summed E-state index contributed by atoms with van der Waals surface area (Å²) in [6.07, 6.45) is 1.78. The molecule has 25 heavy (non-hydrogen) atoms. The summed E-state index contributed by atoms with van der Waals surface area (Å²) in [5.41, 5.74) is 13.9. The van der Waals surface area contributed by atoms with Gasteiger partial charge in [0.2, 0.25) is 5.96 Å². The van der Waals surface area contributed by atoms with Crippen LogP contribution in [0.25, 0.3) is 0 Å². The van der Waals surface area contributed by atoms with Crippen LogP contribution in [0.15, 0.2) is 23.2 Å². The van der Waals surface area contributed by atoms with E-state index in [0.29, 0.717) is 22.5 Å². The molecule has 0 spiro atoms. The van der Waals surface area contributed by atoms with Crippen molar-refractivity contribution in [2.24, 2.45) is 4.99 Å². The Morgan fingerprint density at radius 3 is 2.72 bits per heavy atom. The Kier molecular flexibility index (Phi) is 3.76. The van der Waals surface area contributed by atoms with E-state index in [9.17, 15) is 10.4 Å². The molecule has 7 N–H and O–H groups in total. The fourth-order valence-electron chi connectivity index (χ4n) is 2.62. The average Bonchev–Trinajstić information content (AvgIpc) is 2.57. The highest BCUT2D eigenvalue weighted by Crippen LogP contribution is 2.41. The molecular formula is C16H14N8O. The van der Waals surface area contributed by atoms with Crippen LogP contribution in [0.5, 0.6) is 5.75 Å². The van der Waals surface area contributed by atoms with Gasteiger partial charge in [-0.25, -0.2) is 9.98 Å². The van der Waals surface area contributed by atoms with E-state index in [1.807, 2.05) is 6.07 Å². The number of guanidine groups is 1. The lowest BCUT2D eigenvalue weighted by Gasteiger charge is -2.26. The summed E-state index contributed by atoms with van der Waals surface area (Å²) in [5, 5.41) is 33.4. The summed E-state index contributed by atoms with van der Waals surface area (Å²) in [7, 11) is 0. The third-order valence-corrected chi connectivity index (χ3v) is 3.91. The Labute approximate surface area is 143 Å². The van der Waals surface area contributed by atoms with Crippen molar-refractivity contribution in [2.45, 2.75) is 13.0 Å². The molecule has 0 fully saturated rings. The second kappa shape index (κ2) is 5.91. The van der Waals surface area contributed by atoms with Crippen LogP contribution < -0.4 is 22.1 Å². The Morgan fingerprint density at radius 1 is 1.32 bits per heavy atom. The van der Waals surface area contributed by atoms with Crippen LogP contribution in [0.4, 0.5) is 17.3 Å². The van der Waals surface area contributed by atoms with Gasteiger partial charge in [-0.15, -0.1) is 0 Å². The molecule has 9 heteroatoms. The minimum absolute atomic E-state index is 0.0186. The van der Waals surface area contributed by atoms with Crippen molar-refractivity contribution in [3.05, 3.63) is 40.5 Å². The van der Waals surface area contributed by atoms with Gasteiger partial charge in [0.1, 0.15) is 35.1 Å². The number of hydrogen-bond donors (Lipinski definition) is 5. The number of aromatic hydroxyl groups is 1. The van der Waals surface area contributed by atoms with Crippen LogP contribution in [-0.4, -0.2) is 16.1 Å². The highest BCUT2D eigenvalue weighted by molar-refractivity contribution is 5.98. The van der Waals surface area contributed by atoms with E-state index in [1.54, 1.807) is 31.3 Å². The quantitative estimate of drug-likeness (QED) is 0.381. The van der Waals surface area contributed by atoms with Crippen LogP contribution in [0.1, 0.15) is 28.3 Å².